The van der Waals surface area contributed by atoms with Gasteiger partial charge in [-0.05, 0) is 36.0 Å². The van der Waals surface area contributed by atoms with Gasteiger partial charge < -0.3 is 10.1 Å². The molecule has 0 radical (unpaired) electrons. The Bertz CT molecular complexity index is 707. The number of benzene rings is 1. The van der Waals surface area contributed by atoms with Crippen molar-refractivity contribution in [3.63, 3.8) is 0 Å². The van der Waals surface area contributed by atoms with Gasteiger partial charge in [-0.25, -0.2) is 4.98 Å². The van der Waals surface area contributed by atoms with Crippen LogP contribution in [0.1, 0.15) is 10.6 Å². The highest BCUT2D eigenvalue weighted by atomic mass is 32.1. The summed E-state index contributed by atoms with van der Waals surface area (Å²) in [5.74, 6) is 0.957. The second kappa shape index (κ2) is 7.54. The first-order valence-corrected chi connectivity index (χ1v) is 8.87. The van der Waals surface area contributed by atoms with E-state index < -0.39 is 0 Å². The maximum absolute atomic E-state index is 5.37. The van der Waals surface area contributed by atoms with Crippen LogP contribution in [0.5, 0.6) is 5.75 Å². The molecule has 3 nitrogen and oxygen atoms in total. The number of hydrogen-bond donors (Lipinski definition) is 1. The van der Waals surface area contributed by atoms with E-state index in [0.29, 0.717) is 0 Å². The van der Waals surface area contributed by atoms with Gasteiger partial charge in [0.25, 0.3) is 0 Å². The second-order valence-electron chi connectivity index (χ2n) is 4.83. The van der Waals surface area contributed by atoms with Crippen LogP contribution in [0.3, 0.4) is 0 Å². The van der Waals surface area contributed by atoms with E-state index in [4.69, 9.17) is 4.74 Å². The maximum atomic E-state index is 5.37. The van der Waals surface area contributed by atoms with Crippen LogP contribution >= 0.6 is 22.7 Å². The smallest absolute Gasteiger partial charge is 0.122 e. The standard InChI is InChI=1S/C17H18N2OS2/c1-20-14-6-3-2-5-13(14)8-9-18-12-17-19-11-16(22-17)15-7-4-10-21-15/h2-7,10-11,18H,8-9,12H2,1H3. The van der Waals surface area contributed by atoms with Crippen molar-refractivity contribution in [2.24, 2.45) is 0 Å². The fourth-order valence-corrected chi connectivity index (χ4v) is 3.96. The molecule has 0 aliphatic heterocycles. The number of nitrogens with one attached hydrogen (secondary N) is 1. The summed E-state index contributed by atoms with van der Waals surface area (Å²) in [5, 5.41) is 6.68. The number of thiazole rings is 1. The molecule has 0 atom stereocenters. The Kier molecular flexibility index (Phi) is 5.21. The van der Waals surface area contributed by atoms with Crippen molar-refractivity contribution in [1.29, 1.82) is 0 Å². The largest absolute Gasteiger partial charge is 0.496 e. The van der Waals surface area contributed by atoms with Crippen LogP contribution in [0.2, 0.25) is 0 Å². The molecule has 3 aromatic rings. The van der Waals surface area contributed by atoms with Crippen molar-refractivity contribution in [3.05, 3.63) is 58.5 Å². The lowest BCUT2D eigenvalue weighted by Gasteiger charge is -2.08. The summed E-state index contributed by atoms with van der Waals surface area (Å²) in [6.45, 7) is 1.72. The van der Waals surface area contributed by atoms with E-state index in [1.807, 2.05) is 24.4 Å². The first kappa shape index (κ1) is 15.2. The molecule has 0 aliphatic rings. The van der Waals surface area contributed by atoms with Crippen molar-refractivity contribution < 1.29 is 4.74 Å². The molecule has 0 amide bonds. The summed E-state index contributed by atoms with van der Waals surface area (Å²) >= 11 is 3.51. The average molecular weight is 330 g/mol. The fourth-order valence-electron chi connectivity index (χ4n) is 2.25. The van der Waals surface area contributed by atoms with Crippen LogP contribution in [-0.4, -0.2) is 18.6 Å². The zero-order chi connectivity index (χ0) is 15.2. The zero-order valence-corrected chi connectivity index (χ0v) is 14.0. The van der Waals surface area contributed by atoms with Crippen molar-refractivity contribution in [3.8, 4) is 15.5 Å². The minimum atomic E-state index is 0.811. The SMILES string of the molecule is COc1ccccc1CCNCc1ncc(-c2cccs2)s1. The van der Waals surface area contributed by atoms with Crippen LogP contribution < -0.4 is 10.1 Å². The number of para-hydroxylation sites is 1. The highest BCUT2D eigenvalue weighted by Gasteiger charge is 2.05. The minimum absolute atomic E-state index is 0.811. The lowest BCUT2D eigenvalue weighted by atomic mass is 10.1. The lowest BCUT2D eigenvalue weighted by Crippen LogP contribution is -2.16. The van der Waals surface area contributed by atoms with Gasteiger partial charge in [0.05, 0.1) is 12.0 Å². The van der Waals surface area contributed by atoms with E-state index in [0.717, 1.165) is 30.3 Å². The van der Waals surface area contributed by atoms with Crippen molar-refractivity contribution in [1.82, 2.24) is 10.3 Å². The number of thiophene rings is 1. The van der Waals surface area contributed by atoms with Gasteiger partial charge in [0.1, 0.15) is 10.8 Å². The molecule has 0 spiro atoms. The molecule has 0 unspecified atom stereocenters. The number of methoxy groups -OCH3 is 1. The Morgan fingerprint density at radius 1 is 1.14 bits per heavy atom. The second-order valence-corrected chi connectivity index (χ2v) is 6.90. The van der Waals surface area contributed by atoms with E-state index in [-0.39, 0.29) is 0 Å². The molecular weight excluding hydrogens is 312 g/mol. The molecule has 0 aliphatic carbocycles. The molecule has 1 N–H and O–H groups in total. The summed E-state index contributed by atoms with van der Waals surface area (Å²) in [6, 6.07) is 12.4. The molecule has 3 rings (SSSR count). The number of nitrogens with zero attached hydrogens (tertiary/aromatic N) is 1. The Hall–Kier alpha value is -1.69. The van der Waals surface area contributed by atoms with E-state index in [2.05, 4.69) is 33.9 Å². The molecule has 0 saturated carbocycles. The molecule has 2 aromatic heterocycles. The maximum Gasteiger partial charge on any atom is 0.122 e. The van der Waals surface area contributed by atoms with Gasteiger partial charge in [-0.15, -0.1) is 22.7 Å². The normalized spacial score (nSPS) is 10.8. The molecule has 22 heavy (non-hydrogen) atoms. The molecule has 1 aromatic carbocycles. The Morgan fingerprint density at radius 3 is 2.86 bits per heavy atom. The monoisotopic (exact) mass is 330 g/mol. The quantitative estimate of drug-likeness (QED) is 0.659. The molecule has 0 bridgehead atoms. The highest BCUT2D eigenvalue weighted by Crippen LogP contribution is 2.29. The summed E-state index contributed by atoms with van der Waals surface area (Å²) < 4.78 is 5.37. The highest BCUT2D eigenvalue weighted by molar-refractivity contribution is 7.21. The summed E-state index contributed by atoms with van der Waals surface area (Å²) in [6.07, 6.45) is 2.92. The summed E-state index contributed by atoms with van der Waals surface area (Å²) in [5.41, 5.74) is 1.23. The third-order valence-electron chi connectivity index (χ3n) is 3.36. The summed E-state index contributed by atoms with van der Waals surface area (Å²) in [7, 11) is 1.72. The van der Waals surface area contributed by atoms with Crippen LogP contribution in [-0.2, 0) is 13.0 Å². The minimum Gasteiger partial charge on any atom is -0.496 e. The van der Waals surface area contributed by atoms with Crippen LogP contribution in [0.15, 0.2) is 48.0 Å². The van der Waals surface area contributed by atoms with Gasteiger partial charge in [-0.3, -0.25) is 0 Å². The Morgan fingerprint density at radius 2 is 2.05 bits per heavy atom. The van der Waals surface area contributed by atoms with E-state index >= 15 is 0 Å². The van der Waals surface area contributed by atoms with Crippen molar-refractivity contribution in [2.45, 2.75) is 13.0 Å². The third-order valence-corrected chi connectivity index (χ3v) is 5.42. The van der Waals surface area contributed by atoms with Gasteiger partial charge in [-0.2, -0.15) is 0 Å². The van der Waals surface area contributed by atoms with Gasteiger partial charge in [0.2, 0.25) is 0 Å². The number of ether oxygens (including phenoxy) is 1. The lowest BCUT2D eigenvalue weighted by molar-refractivity contribution is 0.409. The van der Waals surface area contributed by atoms with E-state index in [1.165, 1.54) is 15.3 Å². The molecule has 0 saturated heterocycles. The van der Waals surface area contributed by atoms with Gasteiger partial charge >= 0.3 is 0 Å². The first-order valence-electron chi connectivity index (χ1n) is 7.18. The Balaban J connectivity index is 1.49. The number of hydrogen-bond acceptors (Lipinski definition) is 5. The molecular formula is C17H18N2OS2. The average Bonchev–Trinajstić information content (AvgIpc) is 3.23. The van der Waals surface area contributed by atoms with E-state index in [1.54, 1.807) is 29.8 Å². The fraction of sp³-hybridized carbons (Fsp3) is 0.235. The third kappa shape index (κ3) is 3.74. The predicted octanol–water partition coefficient (Wildman–Crippen LogP) is 4.21. The van der Waals surface area contributed by atoms with Crippen molar-refractivity contribution >= 4 is 22.7 Å². The van der Waals surface area contributed by atoms with Gasteiger partial charge in [0.15, 0.2) is 0 Å². The number of aromatic nitrogens is 1. The molecule has 114 valence electrons. The summed E-state index contributed by atoms with van der Waals surface area (Å²) in [4.78, 5) is 7.02. The topological polar surface area (TPSA) is 34.1 Å². The van der Waals surface area contributed by atoms with Crippen LogP contribution in [0.4, 0.5) is 0 Å². The number of rotatable bonds is 7. The van der Waals surface area contributed by atoms with Gasteiger partial charge in [0, 0.05) is 17.6 Å². The zero-order valence-electron chi connectivity index (χ0n) is 12.4. The van der Waals surface area contributed by atoms with Gasteiger partial charge in [-0.1, -0.05) is 24.3 Å². The van der Waals surface area contributed by atoms with Crippen LogP contribution in [0.25, 0.3) is 9.75 Å². The molecule has 0 fully saturated rings. The Labute approximate surface area is 138 Å². The predicted molar refractivity (Wildman–Crippen MR) is 93.8 cm³/mol. The first-order chi connectivity index (χ1) is 10.9. The molecule has 2 heterocycles. The van der Waals surface area contributed by atoms with Crippen LogP contribution in [0, 0.1) is 0 Å². The van der Waals surface area contributed by atoms with E-state index in [9.17, 15) is 0 Å². The van der Waals surface area contributed by atoms with Crippen molar-refractivity contribution in [2.75, 3.05) is 13.7 Å². The molecule has 5 heteroatoms.